The number of nitrogens with one attached hydrogen (secondary N) is 2. The summed E-state index contributed by atoms with van der Waals surface area (Å²) in [6.45, 7) is 0. The third kappa shape index (κ3) is 5.60. The predicted molar refractivity (Wildman–Crippen MR) is 93.3 cm³/mol. The molecule has 2 aromatic carbocycles. The van der Waals surface area contributed by atoms with E-state index < -0.39 is 0 Å². The molecule has 0 aliphatic heterocycles. The van der Waals surface area contributed by atoms with Gasteiger partial charge >= 0.3 is 0 Å². The van der Waals surface area contributed by atoms with Crippen LogP contribution in [0.3, 0.4) is 0 Å². The smallest absolute Gasteiger partial charge is 0.248 e. The van der Waals surface area contributed by atoms with E-state index in [1.807, 2.05) is 24.3 Å². The van der Waals surface area contributed by atoms with Crippen LogP contribution in [0.2, 0.25) is 5.02 Å². The Balaban J connectivity index is 1.93. The van der Waals surface area contributed by atoms with Crippen LogP contribution in [0.5, 0.6) is 0 Å². The normalized spacial score (nSPS) is 10.5. The van der Waals surface area contributed by atoms with E-state index in [1.54, 1.807) is 37.4 Å². The Labute approximate surface area is 140 Å². The third-order valence-electron chi connectivity index (χ3n) is 3.14. The molecule has 0 saturated heterocycles. The van der Waals surface area contributed by atoms with Crippen LogP contribution in [0.25, 0.3) is 6.08 Å². The molecule has 0 saturated carbocycles. The average molecular weight is 329 g/mol. The average Bonchev–Trinajstić information content (AvgIpc) is 2.55. The number of rotatable bonds is 5. The molecule has 0 aliphatic carbocycles. The van der Waals surface area contributed by atoms with E-state index in [2.05, 4.69) is 10.6 Å². The first-order valence-corrected chi connectivity index (χ1v) is 7.49. The molecule has 2 N–H and O–H groups in total. The van der Waals surface area contributed by atoms with Crippen molar-refractivity contribution in [2.45, 2.75) is 6.42 Å². The maximum atomic E-state index is 11.9. The van der Waals surface area contributed by atoms with Crippen LogP contribution < -0.4 is 10.6 Å². The molecule has 5 heteroatoms. The van der Waals surface area contributed by atoms with Crippen molar-refractivity contribution in [2.75, 3.05) is 12.4 Å². The maximum Gasteiger partial charge on any atom is 0.248 e. The van der Waals surface area contributed by atoms with Crippen LogP contribution in [0.1, 0.15) is 11.1 Å². The van der Waals surface area contributed by atoms with Crippen molar-refractivity contribution >= 4 is 35.2 Å². The Morgan fingerprint density at radius 2 is 1.87 bits per heavy atom. The Kier molecular flexibility index (Phi) is 5.94. The molecule has 0 aliphatic rings. The molecule has 2 amide bonds. The van der Waals surface area contributed by atoms with Crippen LogP contribution in [0.15, 0.2) is 54.6 Å². The lowest BCUT2D eigenvalue weighted by Gasteiger charge is -2.04. The van der Waals surface area contributed by atoms with Crippen molar-refractivity contribution in [1.29, 1.82) is 0 Å². The number of halogens is 1. The van der Waals surface area contributed by atoms with Crippen molar-refractivity contribution in [1.82, 2.24) is 5.32 Å². The van der Waals surface area contributed by atoms with Gasteiger partial charge in [0.1, 0.15) is 0 Å². The summed E-state index contributed by atoms with van der Waals surface area (Å²) in [6.07, 6.45) is 3.46. The number of hydrogen-bond donors (Lipinski definition) is 2. The van der Waals surface area contributed by atoms with Gasteiger partial charge in [0, 0.05) is 23.8 Å². The molecular weight excluding hydrogens is 312 g/mol. The Morgan fingerprint density at radius 1 is 1.13 bits per heavy atom. The minimum absolute atomic E-state index is 0.0498. The van der Waals surface area contributed by atoms with Crippen LogP contribution >= 0.6 is 11.6 Å². The molecule has 0 radical (unpaired) electrons. The van der Waals surface area contributed by atoms with Gasteiger partial charge in [-0.2, -0.15) is 0 Å². The van der Waals surface area contributed by atoms with Crippen molar-refractivity contribution in [3.63, 3.8) is 0 Å². The number of anilines is 1. The van der Waals surface area contributed by atoms with Gasteiger partial charge in [0.05, 0.1) is 6.42 Å². The maximum absolute atomic E-state index is 11.9. The van der Waals surface area contributed by atoms with Crippen molar-refractivity contribution in [3.8, 4) is 0 Å². The van der Waals surface area contributed by atoms with E-state index in [-0.39, 0.29) is 11.8 Å². The quantitative estimate of drug-likeness (QED) is 0.827. The molecule has 0 atom stereocenters. The fourth-order valence-corrected chi connectivity index (χ4v) is 2.14. The number of hydrogen-bond acceptors (Lipinski definition) is 2. The zero-order valence-corrected chi connectivity index (χ0v) is 13.4. The van der Waals surface area contributed by atoms with E-state index in [0.717, 1.165) is 11.1 Å². The van der Waals surface area contributed by atoms with Crippen molar-refractivity contribution in [2.24, 2.45) is 0 Å². The summed E-state index contributed by atoms with van der Waals surface area (Å²) in [4.78, 5) is 23.2. The van der Waals surface area contributed by atoms with E-state index in [9.17, 15) is 9.59 Å². The number of likely N-dealkylation sites (N-methyl/N-ethyl adjacent to an activating group) is 1. The van der Waals surface area contributed by atoms with Gasteiger partial charge in [0.15, 0.2) is 0 Å². The number of carbonyl (C=O) groups is 2. The van der Waals surface area contributed by atoms with E-state index >= 15 is 0 Å². The molecule has 0 spiro atoms. The topological polar surface area (TPSA) is 58.2 Å². The number of amides is 2. The lowest BCUT2D eigenvalue weighted by Crippen LogP contribution is -2.19. The second kappa shape index (κ2) is 8.15. The first kappa shape index (κ1) is 16.8. The minimum Gasteiger partial charge on any atom is -0.359 e. The molecule has 4 nitrogen and oxygen atoms in total. The van der Waals surface area contributed by atoms with Crippen molar-refractivity contribution < 1.29 is 9.59 Å². The summed E-state index contributed by atoms with van der Waals surface area (Å²) in [5.41, 5.74) is 2.41. The van der Waals surface area contributed by atoms with E-state index in [4.69, 9.17) is 11.6 Å². The summed E-state index contributed by atoms with van der Waals surface area (Å²) in [6, 6.07) is 14.4. The molecule has 2 aromatic rings. The molecule has 0 aromatic heterocycles. The summed E-state index contributed by atoms with van der Waals surface area (Å²) >= 11 is 5.89. The molecular formula is C18H17ClN2O2. The van der Waals surface area contributed by atoms with E-state index in [0.29, 0.717) is 17.1 Å². The zero-order chi connectivity index (χ0) is 16.7. The third-order valence-corrected chi connectivity index (χ3v) is 3.38. The molecule has 2 rings (SSSR count). The van der Waals surface area contributed by atoms with Crippen LogP contribution in [0, 0.1) is 0 Å². The fourth-order valence-electron chi connectivity index (χ4n) is 1.95. The Hall–Kier alpha value is -2.59. The van der Waals surface area contributed by atoms with Gasteiger partial charge in [-0.3, -0.25) is 9.59 Å². The molecule has 0 fully saturated rings. The Morgan fingerprint density at radius 3 is 2.52 bits per heavy atom. The molecule has 118 valence electrons. The highest BCUT2D eigenvalue weighted by Crippen LogP contribution is 2.13. The lowest BCUT2D eigenvalue weighted by atomic mass is 10.1. The van der Waals surface area contributed by atoms with Gasteiger partial charge < -0.3 is 10.6 Å². The SMILES string of the molecule is CNC(=O)Cc1ccc(NC(=O)/C=C/c2cccc(Cl)c2)cc1. The fraction of sp³-hybridized carbons (Fsp3) is 0.111. The highest BCUT2D eigenvalue weighted by Gasteiger charge is 2.02. The van der Waals surface area contributed by atoms with Gasteiger partial charge in [-0.25, -0.2) is 0 Å². The van der Waals surface area contributed by atoms with Gasteiger partial charge in [-0.05, 0) is 41.5 Å². The zero-order valence-electron chi connectivity index (χ0n) is 12.7. The molecule has 0 bridgehead atoms. The van der Waals surface area contributed by atoms with Gasteiger partial charge in [-0.15, -0.1) is 0 Å². The standard InChI is InChI=1S/C18H17ClN2O2/c1-20-18(23)12-14-5-8-16(9-6-14)21-17(22)10-7-13-3-2-4-15(19)11-13/h2-11H,12H2,1H3,(H,20,23)(H,21,22)/b10-7+. The van der Waals surface area contributed by atoms with Crippen LogP contribution in [-0.4, -0.2) is 18.9 Å². The lowest BCUT2D eigenvalue weighted by molar-refractivity contribution is -0.120. The molecule has 23 heavy (non-hydrogen) atoms. The second-order valence-electron chi connectivity index (χ2n) is 4.92. The number of carbonyl (C=O) groups excluding carboxylic acids is 2. The van der Waals surface area contributed by atoms with Gasteiger partial charge in [0.25, 0.3) is 0 Å². The largest absolute Gasteiger partial charge is 0.359 e. The Bertz CT molecular complexity index is 724. The predicted octanol–water partition coefficient (Wildman–Crippen LogP) is 3.28. The minimum atomic E-state index is -0.232. The first-order chi connectivity index (χ1) is 11.1. The number of benzene rings is 2. The van der Waals surface area contributed by atoms with Crippen molar-refractivity contribution in [3.05, 3.63) is 70.8 Å². The first-order valence-electron chi connectivity index (χ1n) is 7.11. The van der Waals surface area contributed by atoms with Crippen LogP contribution in [0.4, 0.5) is 5.69 Å². The van der Waals surface area contributed by atoms with Gasteiger partial charge in [-0.1, -0.05) is 35.9 Å². The summed E-state index contributed by atoms with van der Waals surface area (Å²) in [5, 5.41) is 5.96. The molecule has 0 unspecified atom stereocenters. The monoisotopic (exact) mass is 328 g/mol. The molecule has 0 heterocycles. The summed E-state index contributed by atoms with van der Waals surface area (Å²) < 4.78 is 0. The van der Waals surface area contributed by atoms with Crippen LogP contribution in [-0.2, 0) is 16.0 Å². The summed E-state index contributed by atoms with van der Waals surface area (Å²) in [5.74, 6) is -0.282. The summed E-state index contributed by atoms with van der Waals surface area (Å²) in [7, 11) is 1.60. The van der Waals surface area contributed by atoms with E-state index in [1.165, 1.54) is 6.08 Å². The highest BCUT2D eigenvalue weighted by atomic mass is 35.5. The van der Waals surface area contributed by atoms with Gasteiger partial charge in [0.2, 0.25) is 11.8 Å². The highest BCUT2D eigenvalue weighted by molar-refractivity contribution is 6.30. The second-order valence-corrected chi connectivity index (χ2v) is 5.36.